The van der Waals surface area contributed by atoms with E-state index in [0.29, 0.717) is 5.56 Å². The van der Waals surface area contributed by atoms with Crippen molar-refractivity contribution in [2.45, 2.75) is 64.1 Å². The number of alkyl carbamates (subject to hydrolysis) is 1. The molecule has 1 amide bonds. The van der Waals surface area contributed by atoms with Gasteiger partial charge in [0, 0.05) is 33.0 Å². The molecule has 0 radical (unpaired) electrons. The Morgan fingerprint density at radius 2 is 1.61 bits per heavy atom. The molecule has 1 aromatic carbocycles. The van der Waals surface area contributed by atoms with Crippen LogP contribution in [0.1, 0.15) is 32.6 Å². The van der Waals surface area contributed by atoms with E-state index in [0.717, 1.165) is 37.6 Å². The second-order valence-corrected chi connectivity index (χ2v) is 8.75. The summed E-state index contributed by atoms with van der Waals surface area (Å²) in [7, 11) is 0. The van der Waals surface area contributed by atoms with Crippen molar-refractivity contribution >= 4 is 30.0 Å². The number of nitrogens with one attached hydrogen (secondary N) is 2. The van der Waals surface area contributed by atoms with Crippen molar-refractivity contribution in [1.82, 2.24) is 14.9 Å². The average molecular weight is 577 g/mol. The van der Waals surface area contributed by atoms with Crippen LogP contribution in [0.3, 0.4) is 0 Å². The van der Waals surface area contributed by atoms with Crippen LogP contribution in [-0.4, -0.2) is 75.1 Å². The Morgan fingerprint density at radius 1 is 0.976 bits per heavy atom. The Bertz CT molecular complexity index is 1400. The molecule has 1 aliphatic heterocycles. The van der Waals surface area contributed by atoms with Crippen LogP contribution in [0.4, 0.5) is 4.79 Å². The molecule has 2 aromatic rings. The predicted molar refractivity (Wildman–Crippen MR) is 133 cm³/mol. The average Bonchev–Trinajstić information content (AvgIpc) is 3.21. The van der Waals surface area contributed by atoms with Crippen LogP contribution in [0.2, 0.25) is 0 Å². The first kappa shape index (κ1) is 30.6. The molecule has 1 fully saturated rings. The fourth-order valence-corrected chi connectivity index (χ4v) is 4.12. The summed E-state index contributed by atoms with van der Waals surface area (Å²) in [6, 6.07) is 7.37. The summed E-state index contributed by atoms with van der Waals surface area (Å²) in [5, 5.41) is 12.1. The maximum Gasteiger partial charge on any atom is 0.408 e. The highest BCUT2D eigenvalue weighted by molar-refractivity contribution is 5.81. The standard InChI is InChI=1S/C25H27N3O13/c1-12(29)38-18(17(23(33)34)27-25(36)37-11-15-7-5-4-6-8-15)19-20(39-13(2)30)21(40-14(3)31)22(41-19)28-10-9-16(32)26-24(28)35/h4-10,17-22H,11H2,1-3H3,(H,27,36)(H,33,34)(H,26,32,35)/t17-,18-,19-,20-,21-,22-/m1/s1. The smallest absolute Gasteiger partial charge is 0.408 e. The topological polar surface area (TPSA) is 219 Å². The van der Waals surface area contributed by atoms with E-state index in [2.05, 4.69) is 5.32 Å². The Morgan fingerprint density at radius 3 is 2.17 bits per heavy atom. The number of rotatable bonds is 10. The van der Waals surface area contributed by atoms with Gasteiger partial charge in [0.25, 0.3) is 5.56 Å². The van der Waals surface area contributed by atoms with E-state index in [9.17, 15) is 38.7 Å². The van der Waals surface area contributed by atoms with Crippen molar-refractivity contribution in [3.8, 4) is 0 Å². The number of hydrogen-bond acceptors (Lipinski definition) is 12. The minimum Gasteiger partial charge on any atom is -0.480 e. The summed E-state index contributed by atoms with van der Waals surface area (Å²) >= 11 is 0. The molecule has 1 aromatic heterocycles. The number of carboxylic acids is 1. The van der Waals surface area contributed by atoms with E-state index in [1.807, 2.05) is 4.98 Å². The quantitative estimate of drug-likeness (QED) is 0.242. The third-order valence-corrected chi connectivity index (χ3v) is 5.66. The van der Waals surface area contributed by atoms with Crippen LogP contribution < -0.4 is 16.6 Å². The van der Waals surface area contributed by atoms with Gasteiger partial charge in [-0.2, -0.15) is 0 Å². The maximum absolute atomic E-state index is 12.6. The highest BCUT2D eigenvalue weighted by Crippen LogP contribution is 2.36. The molecule has 2 heterocycles. The number of aromatic nitrogens is 2. The van der Waals surface area contributed by atoms with Crippen LogP contribution in [0, 0.1) is 0 Å². The molecule has 0 spiro atoms. The minimum atomic E-state index is -2.05. The summed E-state index contributed by atoms with van der Waals surface area (Å²) in [5.74, 6) is -4.55. The Balaban J connectivity index is 2.01. The number of ether oxygens (including phenoxy) is 5. The molecule has 16 heteroatoms. The number of amides is 1. The Kier molecular flexibility index (Phi) is 9.97. The molecule has 3 rings (SSSR count). The van der Waals surface area contributed by atoms with Crippen molar-refractivity contribution in [2.75, 3.05) is 0 Å². The molecule has 0 unspecified atom stereocenters. The number of esters is 3. The maximum atomic E-state index is 12.6. The van der Waals surface area contributed by atoms with E-state index in [-0.39, 0.29) is 6.61 Å². The number of carbonyl (C=O) groups is 5. The van der Waals surface area contributed by atoms with Gasteiger partial charge in [-0.05, 0) is 5.56 Å². The minimum absolute atomic E-state index is 0.223. The van der Waals surface area contributed by atoms with Crippen LogP contribution >= 0.6 is 0 Å². The number of carbonyl (C=O) groups excluding carboxylic acids is 4. The monoisotopic (exact) mass is 577 g/mol. The first-order valence-corrected chi connectivity index (χ1v) is 12.1. The van der Waals surface area contributed by atoms with Crippen LogP contribution in [-0.2, 0) is 49.5 Å². The van der Waals surface area contributed by atoms with Gasteiger partial charge in [0.05, 0.1) is 0 Å². The number of aliphatic carboxylic acids is 1. The lowest BCUT2D eigenvalue weighted by atomic mass is 9.98. The lowest BCUT2D eigenvalue weighted by Gasteiger charge is -2.31. The van der Waals surface area contributed by atoms with Gasteiger partial charge >= 0.3 is 35.7 Å². The number of aromatic amines is 1. The predicted octanol–water partition coefficient (Wildman–Crippen LogP) is -0.391. The summed E-state index contributed by atoms with van der Waals surface area (Å²) in [6.45, 7) is 2.73. The summed E-state index contributed by atoms with van der Waals surface area (Å²) in [5.41, 5.74) is -1.18. The number of H-pyrrole nitrogens is 1. The van der Waals surface area contributed by atoms with E-state index in [4.69, 9.17) is 23.7 Å². The molecule has 220 valence electrons. The molecule has 6 atom stereocenters. The van der Waals surface area contributed by atoms with Gasteiger partial charge < -0.3 is 34.1 Å². The van der Waals surface area contributed by atoms with Crippen molar-refractivity contribution in [1.29, 1.82) is 0 Å². The largest absolute Gasteiger partial charge is 0.480 e. The van der Waals surface area contributed by atoms with Crippen molar-refractivity contribution in [2.24, 2.45) is 0 Å². The first-order valence-electron chi connectivity index (χ1n) is 12.1. The second-order valence-electron chi connectivity index (χ2n) is 8.75. The van der Waals surface area contributed by atoms with E-state index in [1.165, 1.54) is 0 Å². The fourth-order valence-electron chi connectivity index (χ4n) is 4.12. The molecule has 0 bridgehead atoms. The molecule has 3 N–H and O–H groups in total. The third kappa shape index (κ3) is 8.01. The van der Waals surface area contributed by atoms with Crippen molar-refractivity contribution in [3.63, 3.8) is 0 Å². The SMILES string of the molecule is CC(=O)O[C@@H]1[C@@H]([C@H](OC(C)=O)[C@@H](NC(=O)OCc2ccccc2)C(=O)O)O[C@@H](n2ccc(=O)[nH]c2=O)[C@@H]1OC(C)=O. The van der Waals surface area contributed by atoms with E-state index >= 15 is 0 Å². The highest BCUT2D eigenvalue weighted by atomic mass is 16.7. The molecule has 0 aliphatic carbocycles. The third-order valence-electron chi connectivity index (χ3n) is 5.66. The number of benzene rings is 1. The Labute approximate surface area is 231 Å². The molecule has 1 saturated heterocycles. The summed E-state index contributed by atoms with van der Waals surface area (Å²) in [4.78, 5) is 87.0. The molecule has 0 saturated carbocycles. The zero-order valence-corrected chi connectivity index (χ0v) is 22.0. The highest BCUT2D eigenvalue weighted by Gasteiger charge is 2.57. The molecule has 1 aliphatic rings. The normalized spacial score (nSPS) is 21.1. The second kappa shape index (κ2) is 13.4. The van der Waals surface area contributed by atoms with Crippen LogP contribution in [0.25, 0.3) is 0 Å². The summed E-state index contributed by atoms with van der Waals surface area (Å²) in [6.07, 6.45) is -8.70. The fraction of sp³-hybridized carbons (Fsp3) is 0.400. The zero-order valence-electron chi connectivity index (χ0n) is 22.0. The summed E-state index contributed by atoms with van der Waals surface area (Å²) < 4.78 is 27.5. The van der Waals surface area contributed by atoms with Gasteiger partial charge in [-0.25, -0.2) is 14.4 Å². The number of carboxylic acid groups (broad SMARTS) is 1. The van der Waals surface area contributed by atoms with Crippen molar-refractivity contribution < 1.29 is 52.8 Å². The Hall–Kier alpha value is -4.99. The van der Waals surface area contributed by atoms with E-state index < -0.39 is 77.9 Å². The van der Waals surface area contributed by atoms with Gasteiger partial charge in [-0.1, -0.05) is 30.3 Å². The van der Waals surface area contributed by atoms with Gasteiger partial charge in [-0.15, -0.1) is 0 Å². The molecule has 41 heavy (non-hydrogen) atoms. The van der Waals surface area contributed by atoms with Crippen LogP contribution in [0.5, 0.6) is 0 Å². The lowest BCUT2D eigenvalue weighted by molar-refractivity contribution is -0.175. The molecular weight excluding hydrogens is 550 g/mol. The van der Waals surface area contributed by atoms with Gasteiger partial charge in [0.1, 0.15) is 12.7 Å². The van der Waals surface area contributed by atoms with E-state index in [1.54, 1.807) is 30.3 Å². The van der Waals surface area contributed by atoms with Gasteiger partial charge in [0.15, 0.2) is 30.6 Å². The number of hydrogen-bond donors (Lipinski definition) is 3. The zero-order chi connectivity index (χ0) is 30.3. The van der Waals surface area contributed by atoms with Gasteiger partial charge in [0.2, 0.25) is 0 Å². The van der Waals surface area contributed by atoms with Crippen LogP contribution in [0.15, 0.2) is 52.2 Å². The molecule has 16 nitrogen and oxygen atoms in total. The van der Waals surface area contributed by atoms with Crippen molar-refractivity contribution in [3.05, 3.63) is 69.0 Å². The molecular formula is C25H27N3O13. The van der Waals surface area contributed by atoms with Gasteiger partial charge in [-0.3, -0.25) is 28.7 Å². The lowest BCUT2D eigenvalue weighted by Crippen LogP contribution is -2.58. The first-order chi connectivity index (χ1) is 19.4. The number of nitrogens with zero attached hydrogens (tertiary/aromatic N) is 1.